The first kappa shape index (κ1) is 18.2. The summed E-state index contributed by atoms with van der Waals surface area (Å²) in [7, 11) is 0. The lowest BCUT2D eigenvalue weighted by Gasteiger charge is -2.39. The molecule has 7 heteroatoms. The zero-order chi connectivity index (χ0) is 19.1. The van der Waals surface area contributed by atoms with Crippen molar-refractivity contribution in [2.75, 3.05) is 26.2 Å². The van der Waals surface area contributed by atoms with Crippen LogP contribution in [-0.4, -0.2) is 64.3 Å². The van der Waals surface area contributed by atoms with E-state index in [1.54, 1.807) is 6.07 Å². The molecule has 0 saturated carbocycles. The third-order valence-electron chi connectivity index (χ3n) is 5.93. The van der Waals surface area contributed by atoms with E-state index in [4.69, 9.17) is 4.52 Å². The summed E-state index contributed by atoms with van der Waals surface area (Å²) in [5, 5.41) is 5.14. The Balaban J connectivity index is 1.47. The highest BCUT2D eigenvalue weighted by Gasteiger charge is 2.42. The Hall–Kier alpha value is -2.15. The van der Waals surface area contributed by atoms with E-state index in [9.17, 15) is 9.18 Å². The van der Waals surface area contributed by atoms with Crippen molar-refractivity contribution >= 4 is 17.0 Å². The van der Waals surface area contributed by atoms with Crippen LogP contribution in [0.15, 0.2) is 22.7 Å². The zero-order valence-corrected chi connectivity index (χ0v) is 16.2. The second-order valence-corrected chi connectivity index (χ2v) is 7.82. The van der Waals surface area contributed by atoms with Gasteiger partial charge in [0.2, 0.25) is 0 Å². The average molecular weight is 374 g/mol. The second-order valence-electron chi connectivity index (χ2n) is 7.82. The van der Waals surface area contributed by atoms with Crippen molar-refractivity contribution in [3.05, 3.63) is 29.7 Å². The first-order valence-corrected chi connectivity index (χ1v) is 9.85. The maximum absolute atomic E-state index is 13.4. The van der Waals surface area contributed by atoms with Gasteiger partial charge in [0.15, 0.2) is 5.58 Å². The minimum Gasteiger partial charge on any atom is -0.356 e. The molecule has 2 saturated heterocycles. The predicted molar refractivity (Wildman–Crippen MR) is 101 cm³/mol. The lowest BCUT2D eigenvalue weighted by molar-refractivity contribution is 0.0582. The summed E-state index contributed by atoms with van der Waals surface area (Å²) in [4.78, 5) is 19.0. The predicted octanol–water partition coefficient (Wildman–Crippen LogP) is 3.64. The zero-order valence-electron chi connectivity index (χ0n) is 16.2. The fraction of sp³-hybridized carbons (Fsp3) is 0.600. The van der Waals surface area contributed by atoms with Crippen molar-refractivity contribution in [1.82, 2.24) is 19.9 Å². The molecule has 1 unspecified atom stereocenters. The number of aromatic nitrogens is 1. The Kier molecular flexibility index (Phi) is 4.80. The lowest BCUT2D eigenvalue weighted by atomic mass is 9.91. The maximum atomic E-state index is 13.4. The summed E-state index contributed by atoms with van der Waals surface area (Å²) < 4.78 is 18.7. The van der Waals surface area contributed by atoms with Gasteiger partial charge in [-0.2, -0.15) is 0 Å². The number of hydrogen-bond acceptors (Lipinski definition) is 4. The largest absolute Gasteiger partial charge is 0.356 e. The molecule has 27 heavy (non-hydrogen) atoms. The molecule has 2 aliphatic heterocycles. The molecule has 0 N–H and O–H groups in total. The standard InChI is InChI=1S/C20H27FN4O2/c1-4-23-12-18(25(13(2)3)20(23)26)24-9-7-14(8-10-24)19-16-6-5-15(21)11-17(16)27-22-19/h5-6,11,13-14,18H,4,7-10,12H2,1-3H3. The molecule has 2 fully saturated rings. The Bertz CT molecular complexity index is 828. The molecule has 2 aliphatic rings. The highest BCUT2D eigenvalue weighted by atomic mass is 19.1. The summed E-state index contributed by atoms with van der Waals surface area (Å²) >= 11 is 0. The molecule has 1 atom stereocenters. The van der Waals surface area contributed by atoms with E-state index in [2.05, 4.69) is 23.9 Å². The molecule has 0 aliphatic carbocycles. The number of carbonyl (C=O) groups excluding carboxylic acids is 1. The van der Waals surface area contributed by atoms with E-state index in [0.29, 0.717) is 11.5 Å². The quantitative estimate of drug-likeness (QED) is 0.820. The van der Waals surface area contributed by atoms with Gasteiger partial charge < -0.3 is 14.3 Å². The second kappa shape index (κ2) is 7.11. The average Bonchev–Trinajstić information content (AvgIpc) is 3.22. The number of rotatable bonds is 4. The first-order chi connectivity index (χ1) is 13.0. The molecular formula is C20H27FN4O2. The molecule has 6 nitrogen and oxygen atoms in total. The number of piperidine rings is 1. The number of halogens is 1. The fourth-order valence-corrected chi connectivity index (χ4v) is 4.47. The van der Waals surface area contributed by atoms with E-state index in [0.717, 1.165) is 50.1 Å². The first-order valence-electron chi connectivity index (χ1n) is 9.85. The SMILES string of the molecule is CCN1CC(N2CCC(c3noc4cc(F)ccc34)CC2)N(C(C)C)C1=O. The van der Waals surface area contributed by atoms with Gasteiger partial charge in [0.25, 0.3) is 0 Å². The van der Waals surface area contributed by atoms with Crippen LogP contribution in [0.2, 0.25) is 0 Å². The Labute approximate surface area is 158 Å². The Morgan fingerprint density at radius 3 is 2.70 bits per heavy atom. The van der Waals surface area contributed by atoms with Gasteiger partial charge in [0, 0.05) is 43.0 Å². The third-order valence-corrected chi connectivity index (χ3v) is 5.93. The van der Waals surface area contributed by atoms with Crippen molar-refractivity contribution in [2.45, 2.75) is 51.7 Å². The van der Waals surface area contributed by atoms with Crippen LogP contribution in [0.3, 0.4) is 0 Å². The Morgan fingerprint density at radius 2 is 2.04 bits per heavy atom. The van der Waals surface area contributed by atoms with Gasteiger partial charge in [-0.15, -0.1) is 0 Å². The van der Waals surface area contributed by atoms with Gasteiger partial charge in [-0.05, 0) is 45.7 Å². The molecule has 0 spiro atoms. The van der Waals surface area contributed by atoms with Gasteiger partial charge in [0.1, 0.15) is 12.0 Å². The molecule has 1 aromatic carbocycles. The van der Waals surface area contributed by atoms with E-state index in [-0.39, 0.29) is 24.1 Å². The van der Waals surface area contributed by atoms with E-state index < -0.39 is 0 Å². The monoisotopic (exact) mass is 374 g/mol. The number of urea groups is 1. The minimum absolute atomic E-state index is 0.140. The summed E-state index contributed by atoms with van der Waals surface area (Å²) in [6.45, 7) is 9.54. The third kappa shape index (κ3) is 3.18. The molecule has 1 aromatic heterocycles. The van der Waals surface area contributed by atoms with Crippen LogP contribution in [0.5, 0.6) is 0 Å². The molecule has 0 radical (unpaired) electrons. The molecule has 4 rings (SSSR count). The van der Waals surface area contributed by atoms with Gasteiger partial charge in [-0.3, -0.25) is 4.90 Å². The molecule has 0 bridgehead atoms. The fourth-order valence-electron chi connectivity index (χ4n) is 4.47. The number of nitrogens with zero attached hydrogens (tertiary/aromatic N) is 4. The molecule has 146 valence electrons. The number of benzene rings is 1. The van der Waals surface area contributed by atoms with Crippen LogP contribution < -0.4 is 0 Å². The van der Waals surface area contributed by atoms with Crippen molar-refractivity contribution in [1.29, 1.82) is 0 Å². The summed E-state index contributed by atoms with van der Waals surface area (Å²) in [6.07, 6.45) is 2.06. The van der Waals surface area contributed by atoms with E-state index in [1.807, 2.05) is 16.7 Å². The molecule has 2 amide bonds. The van der Waals surface area contributed by atoms with Crippen molar-refractivity contribution < 1.29 is 13.7 Å². The van der Waals surface area contributed by atoms with Crippen LogP contribution in [0.4, 0.5) is 9.18 Å². The number of likely N-dealkylation sites (tertiary alicyclic amines) is 1. The summed E-state index contributed by atoms with van der Waals surface area (Å²) in [5.74, 6) is 0.0000177. The van der Waals surface area contributed by atoms with Crippen LogP contribution in [0.25, 0.3) is 11.0 Å². The summed E-state index contributed by atoms with van der Waals surface area (Å²) in [5.41, 5.74) is 1.45. The number of fused-ring (bicyclic) bond motifs is 1. The van der Waals surface area contributed by atoms with Crippen molar-refractivity contribution in [3.8, 4) is 0 Å². The van der Waals surface area contributed by atoms with E-state index in [1.165, 1.54) is 12.1 Å². The number of carbonyl (C=O) groups is 1. The number of likely N-dealkylation sites (N-methyl/N-ethyl adjacent to an activating group) is 1. The van der Waals surface area contributed by atoms with Crippen LogP contribution in [-0.2, 0) is 0 Å². The highest BCUT2D eigenvalue weighted by molar-refractivity contribution is 5.80. The van der Waals surface area contributed by atoms with Crippen molar-refractivity contribution in [2.24, 2.45) is 0 Å². The van der Waals surface area contributed by atoms with Crippen LogP contribution in [0.1, 0.15) is 45.2 Å². The normalized spacial score (nSPS) is 22.6. The van der Waals surface area contributed by atoms with Gasteiger partial charge in [-0.25, -0.2) is 9.18 Å². The number of hydrogen-bond donors (Lipinski definition) is 0. The smallest absolute Gasteiger partial charge is 0.321 e. The molecule has 2 aromatic rings. The number of amides is 2. The van der Waals surface area contributed by atoms with Gasteiger partial charge >= 0.3 is 6.03 Å². The Morgan fingerprint density at radius 1 is 1.30 bits per heavy atom. The maximum Gasteiger partial charge on any atom is 0.321 e. The minimum atomic E-state index is -0.305. The van der Waals surface area contributed by atoms with E-state index >= 15 is 0 Å². The lowest BCUT2D eigenvalue weighted by Crippen LogP contribution is -2.52. The topological polar surface area (TPSA) is 52.8 Å². The van der Waals surface area contributed by atoms with Crippen LogP contribution in [0, 0.1) is 5.82 Å². The van der Waals surface area contributed by atoms with Crippen LogP contribution >= 0.6 is 0 Å². The highest BCUT2D eigenvalue weighted by Crippen LogP contribution is 2.34. The van der Waals surface area contributed by atoms with Gasteiger partial charge in [0.05, 0.1) is 12.2 Å². The molecule has 3 heterocycles. The van der Waals surface area contributed by atoms with Crippen molar-refractivity contribution in [3.63, 3.8) is 0 Å². The van der Waals surface area contributed by atoms with Gasteiger partial charge in [-0.1, -0.05) is 5.16 Å². The summed E-state index contributed by atoms with van der Waals surface area (Å²) in [6, 6.07) is 4.95. The molecular weight excluding hydrogens is 347 g/mol.